The number of fused-ring (bicyclic) bond motifs is 1. The van der Waals surface area contributed by atoms with Gasteiger partial charge in [0, 0.05) is 49.0 Å². The molecule has 5 nitrogen and oxygen atoms in total. The van der Waals surface area contributed by atoms with Crippen LogP contribution in [0, 0.1) is 5.82 Å². The molecular formula is C19H18F3N3O2S. The van der Waals surface area contributed by atoms with Gasteiger partial charge in [-0.2, -0.15) is 0 Å². The number of aromatic nitrogens is 1. The SMILES string of the molecule is O=S(=O)(c1cc(C(F)F)ccc1F)n1ccc2c(N3CCNCC3)cccc21. The third kappa shape index (κ3) is 3.14. The summed E-state index contributed by atoms with van der Waals surface area (Å²) in [6.45, 7) is 3.20. The first kappa shape index (κ1) is 18.8. The normalized spacial score (nSPS) is 15.5. The standard InChI is InChI=1S/C19H18F3N3O2S/c20-15-5-4-13(19(21)22)12-18(15)28(26,27)25-9-6-14-16(2-1-3-17(14)25)24-10-7-23-8-11-24/h1-6,9,12,19,23H,7-8,10-11H2. The molecule has 0 bridgehead atoms. The van der Waals surface area contributed by atoms with Gasteiger partial charge in [-0.25, -0.2) is 25.6 Å². The fraction of sp³-hybridized carbons (Fsp3) is 0.263. The van der Waals surface area contributed by atoms with E-state index in [1.54, 1.807) is 18.2 Å². The topological polar surface area (TPSA) is 54.3 Å². The monoisotopic (exact) mass is 409 g/mol. The van der Waals surface area contributed by atoms with Crippen LogP contribution in [-0.4, -0.2) is 38.6 Å². The third-order valence-corrected chi connectivity index (χ3v) is 6.58. The Morgan fingerprint density at radius 2 is 1.79 bits per heavy atom. The number of rotatable bonds is 4. The van der Waals surface area contributed by atoms with Crippen LogP contribution in [0.25, 0.3) is 10.9 Å². The average Bonchev–Trinajstić information content (AvgIpc) is 3.13. The highest BCUT2D eigenvalue weighted by atomic mass is 32.2. The van der Waals surface area contributed by atoms with Crippen LogP contribution < -0.4 is 10.2 Å². The Balaban J connectivity index is 1.84. The smallest absolute Gasteiger partial charge is 0.271 e. The zero-order valence-corrected chi connectivity index (χ0v) is 15.6. The lowest BCUT2D eigenvalue weighted by atomic mass is 10.2. The largest absolute Gasteiger partial charge is 0.368 e. The predicted molar refractivity (Wildman–Crippen MR) is 101 cm³/mol. The summed E-state index contributed by atoms with van der Waals surface area (Å²) in [5.74, 6) is -1.07. The maximum atomic E-state index is 14.2. The van der Waals surface area contributed by atoms with Gasteiger partial charge in [0.2, 0.25) is 0 Å². The van der Waals surface area contributed by atoms with E-state index < -0.39 is 32.7 Å². The second-order valence-corrected chi connectivity index (χ2v) is 8.34. The van der Waals surface area contributed by atoms with Crippen molar-refractivity contribution in [3.05, 3.63) is 60.0 Å². The highest BCUT2D eigenvalue weighted by Gasteiger charge is 2.26. The van der Waals surface area contributed by atoms with Gasteiger partial charge in [-0.3, -0.25) is 0 Å². The number of benzene rings is 2. The number of nitrogens with one attached hydrogen (secondary N) is 1. The van der Waals surface area contributed by atoms with E-state index >= 15 is 0 Å². The van der Waals surface area contributed by atoms with E-state index in [0.717, 1.165) is 48.0 Å². The number of halogens is 3. The minimum absolute atomic E-state index is 0.373. The van der Waals surface area contributed by atoms with Crippen molar-refractivity contribution in [2.75, 3.05) is 31.1 Å². The molecule has 9 heteroatoms. The average molecular weight is 409 g/mol. The van der Waals surface area contributed by atoms with Crippen LogP contribution in [0.5, 0.6) is 0 Å². The molecule has 1 fully saturated rings. The number of hydrogen-bond donors (Lipinski definition) is 1. The molecular weight excluding hydrogens is 391 g/mol. The van der Waals surface area contributed by atoms with Crippen molar-refractivity contribution in [1.82, 2.24) is 9.29 Å². The van der Waals surface area contributed by atoms with Crippen molar-refractivity contribution < 1.29 is 21.6 Å². The molecule has 0 spiro atoms. The van der Waals surface area contributed by atoms with Gasteiger partial charge in [0.05, 0.1) is 5.52 Å². The highest BCUT2D eigenvalue weighted by Crippen LogP contribution is 2.32. The van der Waals surface area contributed by atoms with Gasteiger partial charge < -0.3 is 10.2 Å². The van der Waals surface area contributed by atoms with E-state index in [0.29, 0.717) is 17.0 Å². The molecule has 2 heterocycles. The Labute approximate surface area is 160 Å². The molecule has 3 aromatic rings. The van der Waals surface area contributed by atoms with Crippen molar-refractivity contribution in [1.29, 1.82) is 0 Å². The molecule has 148 valence electrons. The summed E-state index contributed by atoms with van der Waals surface area (Å²) in [4.78, 5) is 1.38. The number of nitrogens with zero attached hydrogens (tertiary/aromatic N) is 2. The quantitative estimate of drug-likeness (QED) is 0.718. The van der Waals surface area contributed by atoms with Crippen LogP contribution in [0.3, 0.4) is 0 Å². The van der Waals surface area contributed by atoms with Gasteiger partial charge in [-0.05, 0) is 30.3 Å². The summed E-state index contributed by atoms with van der Waals surface area (Å²) < 4.78 is 67.3. The van der Waals surface area contributed by atoms with Crippen LogP contribution in [0.4, 0.5) is 18.9 Å². The van der Waals surface area contributed by atoms with Gasteiger partial charge in [0.25, 0.3) is 16.4 Å². The van der Waals surface area contributed by atoms with Crippen LogP contribution in [0.1, 0.15) is 12.0 Å². The molecule has 2 aromatic carbocycles. The molecule has 0 radical (unpaired) electrons. The van der Waals surface area contributed by atoms with Crippen LogP contribution in [0.2, 0.25) is 0 Å². The van der Waals surface area contributed by atoms with E-state index in [1.807, 2.05) is 6.07 Å². The van der Waals surface area contributed by atoms with Gasteiger partial charge >= 0.3 is 0 Å². The molecule has 0 unspecified atom stereocenters. The van der Waals surface area contributed by atoms with Crippen LogP contribution in [0.15, 0.2) is 53.6 Å². The Morgan fingerprint density at radius 3 is 2.50 bits per heavy atom. The molecule has 1 saturated heterocycles. The lowest BCUT2D eigenvalue weighted by Gasteiger charge is -2.30. The molecule has 4 rings (SSSR count). The minimum atomic E-state index is -4.38. The van der Waals surface area contributed by atoms with Gasteiger partial charge in [-0.1, -0.05) is 12.1 Å². The van der Waals surface area contributed by atoms with E-state index in [4.69, 9.17) is 0 Å². The maximum absolute atomic E-state index is 14.2. The maximum Gasteiger partial charge on any atom is 0.271 e. The van der Waals surface area contributed by atoms with E-state index in [-0.39, 0.29) is 0 Å². The minimum Gasteiger partial charge on any atom is -0.368 e. The van der Waals surface area contributed by atoms with Crippen molar-refractivity contribution in [2.45, 2.75) is 11.3 Å². The second-order valence-electron chi connectivity index (χ2n) is 6.55. The predicted octanol–water partition coefficient (Wildman–Crippen LogP) is 3.36. The lowest BCUT2D eigenvalue weighted by molar-refractivity contribution is 0.151. The number of alkyl halides is 2. The summed E-state index contributed by atoms with van der Waals surface area (Å²) in [7, 11) is -4.38. The summed E-state index contributed by atoms with van der Waals surface area (Å²) in [5.41, 5.74) is 0.713. The summed E-state index contributed by atoms with van der Waals surface area (Å²) in [6, 6.07) is 9.25. The third-order valence-electron chi connectivity index (χ3n) is 4.88. The van der Waals surface area contributed by atoms with E-state index in [1.165, 1.54) is 6.20 Å². The molecule has 1 aliphatic rings. The first-order valence-electron chi connectivity index (χ1n) is 8.78. The number of hydrogen-bond acceptors (Lipinski definition) is 4. The fourth-order valence-electron chi connectivity index (χ4n) is 3.48. The van der Waals surface area contributed by atoms with E-state index in [9.17, 15) is 21.6 Å². The molecule has 1 aliphatic heterocycles. The van der Waals surface area contributed by atoms with Crippen LogP contribution >= 0.6 is 0 Å². The lowest BCUT2D eigenvalue weighted by Crippen LogP contribution is -2.43. The first-order chi connectivity index (χ1) is 13.4. The van der Waals surface area contributed by atoms with Crippen molar-refractivity contribution in [3.8, 4) is 0 Å². The molecule has 1 aromatic heterocycles. The van der Waals surface area contributed by atoms with Crippen LogP contribution in [-0.2, 0) is 10.0 Å². The van der Waals surface area contributed by atoms with Crippen molar-refractivity contribution in [3.63, 3.8) is 0 Å². The second kappa shape index (κ2) is 7.14. The summed E-state index contributed by atoms with van der Waals surface area (Å²) >= 11 is 0. The number of anilines is 1. The van der Waals surface area contributed by atoms with Gasteiger partial charge in [-0.15, -0.1) is 0 Å². The first-order valence-corrected chi connectivity index (χ1v) is 10.2. The summed E-state index contributed by atoms with van der Waals surface area (Å²) in [5, 5.41) is 3.97. The fourth-order valence-corrected chi connectivity index (χ4v) is 4.93. The Kier molecular flexibility index (Phi) is 4.80. The molecule has 1 N–H and O–H groups in total. The van der Waals surface area contributed by atoms with E-state index in [2.05, 4.69) is 10.2 Å². The van der Waals surface area contributed by atoms with Gasteiger partial charge in [0.15, 0.2) is 0 Å². The molecule has 28 heavy (non-hydrogen) atoms. The molecule has 0 atom stereocenters. The zero-order valence-electron chi connectivity index (χ0n) is 14.8. The van der Waals surface area contributed by atoms with Crippen molar-refractivity contribution >= 4 is 26.6 Å². The summed E-state index contributed by atoms with van der Waals surface area (Å²) in [6.07, 6.45) is -1.56. The van der Waals surface area contributed by atoms with Gasteiger partial charge in [0.1, 0.15) is 10.7 Å². The zero-order chi connectivity index (χ0) is 19.9. The molecule has 0 amide bonds. The van der Waals surface area contributed by atoms with Crippen molar-refractivity contribution in [2.24, 2.45) is 0 Å². The Morgan fingerprint density at radius 1 is 1.04 bits per heavy atom. The molecule has 0 saturated carbocycles. The Hall–Kier alpha value is -2.52. The number of piperazine rings is 1. The Bertz CT molecular complexity index is 1120. The molecule has 0 aliphatic carbocycles. The highest BCUT2D eigenvalue weighted by molar-refractivity contribution is 7.90.